The standard InChI is InChI=1S/C23H27ClN2O2/c1-15(2)17-12-10-16(11-13-17)14-20(26-22(28)23(3,4)5)21(27)25-19-9-7-6-8-18(19)24/h6-15H,1-5H3,(H,25,27)(H,26,28)/b20-14+. The minimum absolute atomic E-state index is 0.164. The van der Waals surface area contributed by atoms with Gasteiger partial charge in [0, 0.05) is 5.41 Å². The summed E-state index contributed by atoms with van der Waals surface area (Å²) in [6.07, 6.45) is 1.67. The fraction of sp³-hybridized carbons (Fsp3) is 0.304. The van der Waals surface area contributed by atoms with Crippen molar-refractivity contribution < 1.29 is 9.59 Å². The van der Waals surface area contributed by atoms with E-state index in [2.05, 4.69) is 24.5 Å². The Morgan fingerprint density at radius 2 is 1.61 bits per heavy atom. The summed E-state index contributed by atoms with van der Waals surface area (Å²) in [6, 6.07) is 14.9. The third-order valence-electron chi connectivity index (χ3n) is 4.21. The molecular weight excluding hydrogens is 372 g/mol. The van der Waals surface area contributed by atoms with Gasteiger partial charge in [-0.15, -0.1) is 0 Å². The molecule has 2 rings (SSSR count). The highest BCUT2D eigenvalue weighted by molar-refractivity contribution is 6.34. The normalized spacial score (nSPS) is 12.0. The highest BCUT2D eigenvalue weighted by atomic mass is 35.5. The molecule has 4 nitrogen and oxygen atoms in total. The van der Waals surface area contributed by atoms with Crippen LogP contribution in [0.4, 0.5) is 5.69 Å². The molecule has 0 aliphatic carbocycles. The van der Waals surface area contributed by atoms with Crippen LogP contribution in [0.5, 0.6) is 0 Å². The quantitative estimate of drug-likeness (QED) is 0.643. The Balaban J connectivity index is 2.34. The lowest BCUT2D eigenvalue weighted by atomic mass is 9.95. The monoisotopic (exact) mass is 398 g/mol. The number of amides is 2. The highest BCUT2D eigenvalue weighted by Gasteiger charge is 2.24. The smallest absolute Gasteiger partial charge is 0.272 e. The number of benzene rings is 2. The van der Waals surface area contributed by atoms with Crippen LogP contribution in [0.1, 0.15) is 51.7 Å². The number of hydrogen-bond donors (Lipinski definition) is 2. The fourth-order valence-electron chi connectivity index (χ4n) is 2.36. The Morgan fingerprint density at radius 3 is 2.14 bits per heavy atom. The summed E-state index contributed by atoms with van der Waals surface area (Å²) in [5.74, 6) is -0.257. The molecule has 28 heavy (non-hydrogen) atoms. The van der Waals surface area contributed by atoms with Gasteiger partial charge in [-0.1, -0.05) is 82.6 Å². The van der Waals surface area contributed by atoms with Gasteiger partial charge in [-0.3, -0.25) is 9.59 Å². The number of hydrogen-bond acceptors (Lipinski definition) is 2. The van der Waals surface area contributed by atoms with E-state index in [-0.39, 0.29) is 11.6 Å². The molecule has 2 aromatic carbocycles. The zero-order valence-corrected chi connectivity index (χ0v) is 17.7. The van der Waals surface area contributed by atoms with E-state index in [1.807, 2.05) is 24.3 Å². The second-order valence-corrected chi connectivity index (χ2v) is 8.42. The number of para-hydroxylation sites is 1. The molecule has 0 aliphatic heterocycles. The minimum Gasteiger partial charge on any atom is -0.321 e. The second-order valence-electron chi connectivity index (χ2n) is 8.02. The Bertz CT molecular complexity index is 878. The summed E-state index contributed by atoms with van der Waals surface area (Å²) in [4.78, 5) is 25.3. The van der Waals surface area contributed by atoms with E-state index >= 15 is 0 Å². The van der Waals surface area contributed by atoms with Crippen LogP contribution in [0.15, 0.2) is 54.2 Å². The molecule has 0 atom stereocenters. The first kappa shape index (κ1) is 21.7. The Labute approximate surface area is 172 Å². The van der Waals surface area contributed by atoms with Crippen molar-refractivity contribution in [2.24, 2.45) is 5.41 Å². The number of halogens is 1. The van der Waals surface area contributed by atoms with Crippen molar-refractivity contribution in [3.05, 3.63) is 70.4 Å². The summed E-state index contributed by atoms with van der Waals surface area (Å²) in [5.41, 5.74) is 2.05. The molecule has 2 N–H and O–H groups in total. The molecule has 148 valence electrons. The van der Waals surface area contributed by atoms with Crippen LogP contribution in [0.3, 0.4) is 0 Å². The van der Waals surface area contributed by atoms with E-state index in [0.29, 0.717) is 16.6 Å². The van der Waals surface area contributed by atoms with E-state index in [1.165, 1.54) is 5.56 Å². The molecule has 0 saturated carbocycles. The van der Waals surface area contributed by atoms with Gasteiger partial charge in [0.1, 0.15) is 5.70 Å². The van der Waals surface area contributed by atoms with Crippen LogP contribution in [0, 0.1) is 5.41 Å². The second kappa shape index (κ2) is 9.07. The number of anilines is 1. The SMILES string of the molecule is CC(C)c1ccc(/C=C(/NC(=O)C(C)(C)C)C(=O)Nc2ccccc2Cl)cc1. The number of carbonyl (C=O) groups excluding carboxylic acids is 2. The molecule has 0 heterocycles. The molecule has 0 radical (unpaired) electrons. The maximum absolute atomic E-state index is 12.9. The molecule has 2 amide bonds. The first-order chi connectivity index (χ1) is 13.1. The third-order valence-corrected chi connectivity index (χ3v) is 4.54. The molecule has 0 fully saturated rings. The van der Waals surface area contributed by atoms with Crippen molar-refractivity contribution >= 4 is 35.2 Å². The van der Waals surface area contributed by atoms with Crippen LogP contribution in [0.25, 0.3) is 6.08 Å². The van der Waals surface area contributed by atoms with Gasteiger partial charge < -0.3 is 10.6 Å². The van der Waals surface area contributed by atoms with Crippen molar-refractivity contribution in [1.29, 1.82) is 0 Å². The fourth-order valence-corrected chi connectivity index (χ4v) is 2.55. The molecule has 2 aromatic rings. The third kappa shape index (κ3) is 5.96. The highest BCUT2D eigenvalue weighted by Crippen LogP contribution is 2.22. The lowest BCUT2D eigenvalue weighted by Gasteiger charge is -2.19. The molecule has 0 aliphatic rings. The van der Waals surface area contributed by atoms with Crippen LogP contribution < -0.4 is 10.6 Å². The van der Waals surface area contributed by atoms with Crippen LogP contribution in [-0.2, 0) is 9.59 Å². The zero-order chi connectivity index (χ0) is 20.9. The molecule has 0 aromatic heterocycles. The van der Waals surface area contributed by atoms with E-state index in [9.17, 15) is 9.59 Å². The Hall–Kier alpha value is -2.59. The summed E-state index contributed by atoms with van der Waals surface area (Å²) in [5, 5.41) is 5.94. The van der Waals surface area contributed by atoms with Crippen molar-refractivity contribution in [3.63, 3.8) is 0 Å². The predicted octanol–water partition coefficient (Wildman–Crippen LogP) is 5.61. The summed E-state index contributed by atoms with van der Waals surface area (Å²) >= 11 is 6.14. The maximum atomic E-state index is 12.9. The zero-order valence-electron chi connectivity index (χ0n) is 17.0. The van der Waals surface area contributed by atoms with Gasteiger partial charge in [-0.05, 0) is 35.3 Å². The maximum Gasteiger partial charge on any atom is 0.272 e. The minimum atomic E-state index is -0.634. The van der Waals surface area contributed by atoms with Crippen LogP contribution in [-0.4, -0.2) is 11.8 Å². The van der Waals surface area contributed by atoms with Gasteiger partial charge in [-0.2, -0.15) is 0 Å². The van der Waals surface area contributed by atoms with Gasteiger partial charge in [0.15, 0.2) is 0 Å². The number of rotatable bonds is 5. The van der Waals surface area contributed by atoms with E-state index in [0.717, 1.165) is 5.56 Å². The summed E-state index contributed by atoms with van der Waals surface area (Å²) < 4.78 is 0. The van der Waals surface area contributed by atoms with Crippen molar-refractivity contribution in [2.45, 2.75) is 40.5 Å². The van der Waals surface area contributed by atoms with E-state index in [1.54, 1.807) is 51.1 Å². The van der Waals surface area contributed by atoms with Crippen LogP contribution >= 0.6 is 11.6 Å². The number of nitrogens with one attached hydrogen (secondary N) is 2. The Kier molecular flexibility index (Phi) is 7.03. The molecule has 5 heteroatoms. The first-order valence-corrected chi connectivity index (χ1v) is 9.64. The van der Waals surface area contributed by atoms with Crippen LogP contribution in [0.2, 0.25) is 5.02 Å². The van der Waals surface area contributed by atoms with E-state index < -0.39 is 11.3 Å². The topological polar surface area (TPSA) is 58.2 Å². The molecule has 0 bridgehead atoms. The van der Waals surface area contributed by atoms with Gasteiger partial charge >= 0.3 is 0 Å². The van der Waals surface area contributed by atoms with Gasteiger partial charge in [0.25, 0.3) is 5.91 Å². The van der Waals surface area contributed by atoms with Gasteiger partial charge in [0.05, 0.1) is 10.7 Å². The van der Waals surface area contributed by atoms with E-state index in [4.69, 9.17) is 11.6 Å². The van der Waals surface area contributed by atoms with Crippen molar-refractivity contribution in [3.8, 4) is 0 Å². The molecule has 0 unspecified atom stereocenters. The Morgan fingerprint density at radius 1 is 1.00 bits per heavy atom. The molecule has 0 saturated heterocycles. The van der Waals surface area contributed by atoms with Gasteiger partial charge in [0.2, 0.25) is 5.91 Å². The van der Waals surface area contributed by atoms with Crippen molar-refractivity contribution in [1.82, 2.24) is 5.32 Å². The van der Waals surface area contributed by atoms with Gasteiger partial charge in [-0.25, -0.2) is 0 Å². The predicted molar refractivity (Wildman–Crippen MR) is 116 cm³/mol. The molecule has 0 spiro atoms. The lowest BCUT2D eigenvalue weighted by molar-refractivity contribution is -0.128. The largest absolute Gasteiger partial charge is 0.321 e. The number of carbonyl (C=O) groups is 2. The van der Waals surface area contributed by atoms with Crippen molar-refractivity contribution in [2.75, 3.05) is 5.32 Å². The average molecular weight is 399 g/mol. The first-order valence-electron chi connectivity index (χ1n) is 9.27. The molecular formula is C23H27ClN2O2. The summed E-state index contributed by atoms with van der Waals surface area (Å²) in [7, 11) is 0. The average Bonchev–Trinajstić information content (AvgIpc) is 2.62. The lowest BCUT2D eigenvalue weighted by Crippen LogP contribution is -2.38. The summed E-state index contributed by atoms with van der Waals surface area (Å²) in [6.45, 7) is 9.63.